The average molecular weight is 153 g/mol. The molecule has 0 heterocycles. The number of hydrogen-bond acceptors (Lipinski definition) is 1. The zero-order valence-corrected chi connectivity index (χ0v) is 10.7. The van der Waals surface area contributed by atoms with Crippen molar-refractivity contribution < 1.29 is 59.1 Å². The van der Waals surface area contributed by atoms with Crippen molar-refractivity contribution in [1.82, 2.24) is 0 Å². The standard InChI is InChI=1S/C7H9N.2Na/c8-6-7-4-2-1-3-5-7;;/h1-5H,6,8H2;;/q;2*+1. The molecular formula is C7H9NNa2+2. The van der Waals surface area contributed by atoms with Crippen LogP contribution in [-0.2, 0) is 6.54 Å². The first-order chi connectivity index (χ1) is 3.93. The SMILES string of the molecule is NCc1ccccc1.[Na+].[Na+]. The summed E-state index contributed by atoms with van der Waals surface area (Å²) in [5.74, 6) is 0. The summed E-state index contributed by atoms with van der Waals surface area (Å²) in [7, 11) is 0. The quantitative estimate of drug-likeness (QED) is 0.402. The van der Waals surface area contributed by atoms with Gasteiger partial charge in [-0.25, -0.2) is 0 Å². The molecule has 0 aliphatic rings. The summed E-state index contributed by atoms with van der Waals surface area (Å²) >= 11 is 0. The summed E-state index contributed by atoms with van der Waals surface area (Å²) in [6, 6.07) is 9.99. The van der Waals surface area contributed by atoms with Crippen molar-refractivity contribution in [1.29, 1.82) is 0 Å². The molecule has 0 fully saturated rings. The third-order valence-corrected chi connectivity index (χ3v) is 1.08. The van der Waals surface area contributed by atoms with Gasteiger partial charge < -0.3 is 5.73 Å². The molecule has 0 aliphatic heterocycles. The van der Waals surface area contributed by atoms with Gasteiger partial charge in [0.15, 0.2) is 0 Å². The molecular weight excluding hydrogens is 144 g/mol. The number of nitrogens with two attached hydrogens (primary N) is 1. The second kappa shape index (κ2) is 8.28. The first kappa shape index (κ1) is 13.7. The van der Waals surface area contributed by atoms with Crippen molar-refractivity contribution in [3.63, 3.8) is 0 Å². The summed E-state index contributed by atoms with van der Waals surface area (Å²) in [5.41, 5.74) is 6.54. The average Bonchev–Trinajstić information content (AvgIpc) is 1.90. The van der Waals surface area contributed by atoms with E-state index in [1.165, 1.54) is 5.56 Å². The van der Waals surface area contributed by atoms with E-state index in [0.29, 0.717) is 6.54 Å². The maximum Gasteiger partial charge on any atom is 1.00 e. The molecule has 0 bridgehead atoms. The molecule has 3 heteroatoms. The summed E-state index contributed by atoms with van der Waals surface area (Å²) in [6.45, 7) is 0.640. The molecule has 0 aliphatic carbocycles. The van der Waals surface area contributed by atoms with Gasteiger partial charge in [0.25, 0.3) is 0 Å². The first-order valence-electron chi connectivity index (χ1n) is 2.67. The molecule has 0 saturated carbocycles. The molecule has 1 aromatic carbocycles. The molecule has 0 aromatic heterocycles. The van der Waals surface area contributed by atoms with Crippen molar-refractivity contribution in [2.45, 2.75) is 6.54 Å². The predicted octanol–water partition coefficient (Wildman–Crippen LogP) is -4.85. The molecule has 0 radical (unpaired) electrons. The Morgan fingerprint density at radius 1 is 1.00 bits per heavy atom. The molecule has 1 rings (SSSR count). The molecule has 0 atom stereocenters. The first-order valence-corrected chi connectivity index (χ1v) is 2.67. The smallest absolute Gasteiger partial charge is 0.326 e. The second-order valence-electron chi connectivity index (χ2n) is 1.69. The van der Waals surface area contributed by atoms with Gasteiger partial charge in [-0.1, -0.05) is 30.3 Å². The monoisotopic (exact) mass is 153 g/mol. The second-order valence-corrected chi connectivity index (χ2v) is 1.69. The van der Waals surface area contributed by atoms with Crippen molar-refractivity contribution in [2.75, 3.05) is 0 Å². The number of hydrogen-bond donors (Lipinski definition) is 1. The van der Waals surface area contributed by atoms with Crippen molar-refractivity contribution in [3.05, 3.63) is 35.9 Å². The van der Waals surface area contributed by atoms with E-state index in [1.54, 1.807) is 0 Å². The van der Waals surface area contributed by atoms with Gasteiger partial charge in [0.1, 0.15) is 0 Å². The van der Waals surface area contributed by atoms with Gasteiger partial charge in [0.05, 0.1) is 0 Å². The number of benzene rings is 1. The predicted molar refractivity (Wildman–Crippen MR) is 34.3 cm³/mol. The van der Waals surface area contributed by atoms with E-state index in [0.717, 1.165) is 0 Å². The van der Waals surface area contributed by atoms with Crippen LogP contribution in [0.4, 0.5) is 0 Å². The topological polar surface area (TPSA) is 26.0 Å². The van der Waals surface area contributed by atoms with Gasteiger partial charge in [-0.3, -0.25) is 0 Å². The molecule has 1 aromatic rings. The Hall–Kier alpha value is 1.18. The fourth-order valence-electron chi connectivity index (χ4n) is 0.614. The van der Waals surface area contributed by atoms with E-state index in [-0.39, 0.29) is 59.1 Å². The Bertz CT molecular complexity index is 153. The minimum absolute atomic E-state index is 0. The van der Waals surface area contributed by atoms with Crippen LogP contribution in [0.5, 0.6) is 0 Å². The zero-order chi connectivity index (χ0) is 5.82. The summed E-state index contributed by atoms with van der Waals surface area (Å²) < 4.78 is 0. The Morgan fingerprint density at radius 2 is 1.50 bits per heavy atom. The van der Waals surface area contributed by atoms with Crippen LogP contribution in [0.25, 0.3) is 0 Å². The zero-order valence-electron chi connectivity index (χ0n) is 6.67. The van der Waals surface area contributed by atoms with E-state index in [2.05, 4.69) is 0 Å². The normalized spacial score (nSPS) is 7.30. The van der Waals surface area contributed by atoms with E-state index in [4.69, 9.17) is 5.73 Å². The van der Waals surface area contributed by atoms with Gasteiger partial charge in [0, 0.05) is 6.54 Å². The van der Waals surface area contributed by atoms with Crippen LogP contribution < -0.4 is 64.8 Å². The molecule has 2 N–H and O–H groups in total. The van der Waals surface area contributed by atoms with Crippen LogP contribution in [0, 0.1) is 0 Å². The fraction of sp³-hybridized carbons (Fsp3) is 0.143. The van der Waals surface area contributed by atoms with Gasteiger partial charge >= 0.3 is 59.1 Å². The van der Waals surface area contributed by atoms with E-state index in [1.807, 2.05) is 30.3 Å². The Balaban J connectivity index is 0. The Kier molecular flexibility index (Phi) is 11.4. The maximum absolute atomic E-state index is 5.35. The molecule has 0 spiro atoms. The molecule has 0 unspecified atom stereocenters. The minimum Gasteiger partial charge on any atom is -0.326 e. The minimum atomic E-state index is 0. The van der Waals surface area contributed by atoms with Gasteiger partial charge in [-0.2, -0.15) is 0 Å². The molecule has 0 amide bonds. The summed E-state index contributed by atoms with van der Waals surface area (Å²) in [4.78, 5) is 0. The van der Waals surface area contributed by atoms with Crippen LogP contribution in [0.1, 0.15) is 5.56 Å². The van der Waals surface area contributed by atoms with Crippen LogP contribution in [0.15, 0.2) is 30.3 Å². The molecule has 42 valence electrons. The van der Waals surface area contributed by atoms with Gasteiger partial charge in [-0.05, 0) is 5.56 Å². The largest absolute Gasteiger partial charge is 1.00 e. The van der Waals surface area contributed by atoms with Crippen LogP contribution >= 0.6 is 0 Å². The Labute approximate surface area is 106 Å². The van der Waals surface area contributed by atoms with Crippen LogP contribution in [-0.4, -0.2) is 0 Å². The number of rotatable bonds is 1. The van der Waals surface area contributed by atoms with Gasteiger partial charge in [-0.15, -0.1) is 0 Å². The van der Waals surface area contributed by atoms with Crippen LogP contribution in [0.2, 0.25) is 0 Å². The van der Waals surface area contributed by atoms with Crippen molar-refractivity contribution >= 4 is 0 Å². The molecule has 1 nitrogen and oxygen atoms in total. The third kappa shape index (κ3) is 4.91. The van der Waals surface area contributed by atoms with Crippen molar-refractivity contribution in [3.8, 4) is 0 Å². The fourth-order valence-corrected chi connectivity index (χ4v) is 0.614. The third-order valence-electron chi connectivity index (χ3n) is 1.08. The van der Waals surface area contributed by atoms with Crippen molar-refractivity contribution in [2.24, 2.45) is 5.73 Å². The van der Waals surface area contributed by atoms with E-state index >= 15 is 0 Å². The Morgan fingerprint density at radius 3 is 1.80 bits per heavy atom. The van der Waals surface area contributed by atoms with E-state index in [9.17, 15) is 0 Å². The summed E-state index contributed by atoms with van der Waals surface area (Å²) in [5, 5.41) is 0. The van der Waals surface area contributed by atoms with E-state index < -0.39 is 0 Å². The molecule has 0 saturated heterocycles. The molecule has 10 heavy (non-hydrogen) atoms. The van der Waals surface area contributed by atoms with Gasteiger partial charge in [0.2, 0.25) is 0 Å². The summed E-state index contributed by atoms with van der Waals surface area (Å²) in [6.07, 6.45) is 0. The van der Waals surface area contributed by atoms with Crippen LogP contribution in [0.3, 0.4) is 0 Å². The maximum atomic E-state index is 5.35.